The van der Waals surface area contributed by atoms with Gasteiger partial charge in [-0.05, 0) is 42.4 Å². The number of rotatable bonds is 2. The van der Waals surface area contributed by atoms with E-state index in [2.05, 4.69) is 18.2 Å². The second-order valence-electron chi connectivity index (χ2n) is 6.94. The Morgan fingerprint density at radius 3 is 2.15 bits per heavy atom. The van der Waals surface area contributed by atoms with Crippen molar-refractivity contribution in [1.29, 1.82) is 0 Å². The Balaban J connectivity index is 0.000000735. The Labute approximate surface area is 148 Å². The fourth-order valence-electron chi connectivity index (χ4n) is 5.53. The van der Waals surface area contributed by atoms with Crippen LogP contribution < -0.4 is 17.0 Å². The summed E-state index contributed by atoms with van der Waals surface area (Å²) in [5, 5.41) is 9.61. The van der Waals surface area contributed by atoms with Gasteiger partial charge in [-0.1, -0.05) is 19.3 Å². The Bertz CT molecular complexity index is 439. The molecule has 0 spiro atoms. The van der Waals surface area contributed by atoms with Crippen LogP contribution in [-0.4, -0.2) is 28.2 Å². The molecule has 20 heavy (non-hydrogen) atoms. The van der Waals surface area contributed by atoms with E-state index < -0.39 is 0 Å². The first kappa shape index (κ1) is 16.8. The topological polar surface area (TPSA) is 20.2 Å². The molecule has 1 N–H and O–H groups in total. The van der Waals surface area contributed by atoms with E-state index in [1.54, 1.807) is 0 Å². The van der Waals surface area contributed by atoms with Crippen LogP contribution in [0.2, 0.25) is 0 Å². The number of halogens is 1. The van der Waals surface area contributed by atoms with Crippen LogP contribution in [0.25, 0.3) is 0 Å². The molecular weight excluding hydrogens is 324 g/mol. The number of aliphatic hydroxyl groups excluding tert-OH is 1. The molecule has 4 fully saturated rings. The minimum atomic E-state index is 0. The minimum Gasteiger partial charge on any atom is -1.00 e. The van der Waals surface area contributed by atoms with Gasteiger partial charge in [0.2, 0.25) is 0 Å². The Morgan fingerprint density at radius 1 is 1.10 bits per heavy atom. The van der Waals surface area contributed by atoms with E-state index in [1.165, 1.54) is 44.1 Å². The smallest absolute Gasteiger partial charge is 1.00 e. The summed E-state index contributed by atoms with van der Waals surface area (Å²) in [6.45, 7) is 0.186. The molecule has 1 nitrogen and oxygen atoms in total. The maximum Gasteiger partial charge on any atom is 2.00 e. The molecule has 4 aliphatic rings. The van der Waals surface area contributed by atoms with Crippen LogP contribution in [-0.2, 0) is 12.0 Å². The second kappa shape index (κ2) is 6.27. The van der Waals surface area contributed by atoms with Gasteiger partial charge in [-0.15, -0.1) is 11.1 Å². The van der Waals surface area contributed by atoms with Crippen molar-refractivity contribution in [2.45, 2.75) is 50.5 Å². The number of aliphatic hydroxyl groups is 1. The molecule has 5 rings (SSSR count). The molecule has 0 saturated heterocycles. The molecule has 0 radical (unpaired) electrons. The van der Waals surface area contributed by atoms with E-state index in [-0.39, 0.29) is 46.6 Å². The van der Waals surface area contributed by atoms with Crippen molar-refractivity contribution in [3.8, 4) is 0 Å². The van der Waals surface area contributed by atoms with Gasteiger partial charge in [0.15, 0.2) is 0 Å². The van der Waals surface area contributed by atoms with Gasteiger partial charge in [0.25, 0.3) is 0 Å². The first-order valence-electron chi connectivity index (χ1n) is 7.39. The fraction of sp³-hybridized carbons (Fsp3) is 0.647. The summed E-state index contributed by atoms with van der Waals surface area (Å²) in [7, 11) is 0. The fourth-order valence-corrected chi connectivity index (χ4v) is 5.53. The number of hydrogen-bond acceptors (Lipinski definition) is 1. The van der Waals surface area contributed by atoms with Gasteiger partial charge in [0.1, 0.15) is 0 Å². The van der Waals surface area contributed by atoms with Crippen molar-refractivity contribution in [1.82, 2.24) is 0 Å². The van der Waals surface area contributed by atoms with Crippen LogP contribution in [0.1, 0.15) is 49.7 Å². The summed E-state index contributed by atoms with van der Waals surface area (Å²) < 4.78 is 0. The quantitative estimate of drug-likeness (QED) is 0.594. The molecule has 0 atom stereocenters. The molecular formula is C17H21BrMgO. The molecule has 0 aromatic heterocycles. The van der Waals surface area contributed by atoms with E-state index in [0.29, 0.717) is 5.41 Å². The van der Waals surface area contributed by atoms with E-state index >= 15 is 0 Å². The molecule has 0 aliphatic heterocycles. The van der Waals surface area contributed by atoms with Gasteiger partial charge < -0.3 is 22.1 Å². The van der Waals surface area contributed by atoms with E-state index in [1.807, 2.05) is 6.07 Å². The van der Waals surface area contributed by atoms with Gasteiger partial charge in [0, 0.05) is 6.61 Å². The molecule has 1 aromatic rings. The van der Waals surface area contributed by atoms with Crippen LogP contribution >= 0.6 is 0 Å². The first-order valence-corrected chi connectivity index (χ1v) is 7.39. The predicted molar refractivity (Wildman–Crippen MR) is 76.8 cm³/mol. The van der Waals surface area contributed by atoms with Crippen LogP contribution in [0, 0.1) is 23.8 Å². The maximum absolute atomic E-state index is 9.61. The molecule has 4 saturated carbocycles. The van der Waals surface area contributed by atoms with E-state index in [4.69, 9.17) is 0 Å². The van der Waals surface area contributed by atoms with Crippen LogP contribution in [0.4, 0.5) is 0 Å². The SMILES string of the molecule is OCc1cc[c-]cc1C12CC3CC(CC(C3)C1)C2.[Br-].[Mg+2]. The minimum absolute atomic E-state index is 0. The molecule has 0 heterocycles. The zero-order chi connectivity index (χ0) is 12.2. The van der Waals surface area contributed by atoms with Gasteiger partial charge in [0.05, 0.1) is 0 Å². The average Bonchev–Trinajstić information content (AvgIpc) is 2.37. The number of benzene rings is 1. The summed E-state index contributed by atoms with van der Waals surface area (Å²) >= 11 is 0. The second-order valence-corrected chi connectivity index (χ2v) is 6.94. The Hall–Kier alpha value is 0.426. The zero-order valence-electron chi connectivity index (χ0n) is 11.9. The predicted octanol–water partition coefficient (Wildman–Crippen LogP) is 0.0701. The molecule has 104 valence electrons. The Morgan fingerprint density at radius 2 is 1.65 bits per heavy atom. The van der Waals surface area contributed by atoms with Gasteiger partial charge in [-0.2, -0.15) is 24.3 Å². The van der Waals surface area contributed by atoms with Crippen LogP contribution in [0.15, 0.2) is 18.2 Å². The summed E-state index contributed by atoms with van der Waals surface area (Å²) in [6, 6.07) is 9.42. The first-order chi connectivity index (χ1) is 8.79. The Kier molecular flexibility index (Phi) is 5.27. The normalized spacial score (nSPS) is 37.1. The van der Waals surface area contributed by atoms with Gasteiger partial charge >= 0.3 is 23.1 Å². The molecule has 1 aromatic carbocycles. The third-order valence-electron chi connectivity index (χ3n) is 5.73. The zero-order valence-corrected chi connectivity index (χ0v) is 14.9. The maximum atomic E-state index is 9.61. The molecule has 0 amide bonds. The monoisotopic (exact) mass is 344 g/mol. The average molecular weight is 346 g/mol. The van der Waals surface area contributed by atoms with Crippen LogP contribution in [0.5, 0.6) is 0 Å². The van der Waals surface area contributed by atoms with Crippen molar-refractivity contribution in [2.75, 3.05) is 0 Å². The number of hydrogen-bond donors (Lipinski definition) is 1. The van der Waals surface area contributed by atoms with Crippen molar-refractivity contribution in [3.05, 3.63) is 35.4 Å². The van der Waals surface area contributed by atoms with Crippen molar-refractivity contribution in [2.24, 2.45) is 17.8 Å². The largest absolute Gasteiger partial charge is 2.00 e. The van der Waals surface area contributed by atoms with Crippen molar-refractivity contribution >= 4 is 23.1 Å². The van der Waals surface area contributed by atoms with Crippen LogP contribution in [0.3, 0.4) is 0 Å². The summed E-state index contributed by atoms with van der Waals surface area (Å²) in [5.74, 6) is 2.88. The molecule has 0 unspecified atom stereocenters. The molecule has 4 bridgehead atoms. The summed E-state index contributed by atoms with van der Waals surface area (Å²) in [4.78, 5) is 0. The third kappa shape index (κ3) is 2.60. The summed E-state index contributed by atoms with van der Waals surface area (Å²) in [5.41, 5.74) is 2.96. The third-order valence-corrected chi connectivity index (χ3v) is 5.73. The molecule has 3 heteroatoms. The van der Waals surface area contributed by atoms with E-state index in [0.717, 1.165) is 23.3 Å². The standard InChI is InChI=1S/C17H21O.BrH.Mg/c18-11-15-3-1-2-4-16(15)17-8-12-5-13(9-17)7-14(6-12)10-17;;/h1,3-4,12-14,18H,5-11H2;1H;/q-1;;+2/p-1. The van der Waals surface area contributed by atoms with E-state index in [9.17, 15) is 5.11 Å². The molecule has 4 aliphatic carbocycles. The summed E-state index contributed by atoms with van der Waals surface area (Å²) in [6.07, 6.45) is 8.52. The van der Waals surface area contributed by atoms with Crippen molar-refractivity contribution < 1.29 is 22.1 Å². The van der Waals surface area contributed by atoms with Gasteiger partial charge in [-0.25, -0.2) is 0 Å². The van der Waals surface area contributed by atoms with Crippen molar-refractivity contribution in [3.63, 3.8) is 0 Å². The van der Waals surface area contributed by atoms with Gasteiger partial charge in [-0.3, -0.25) is 0 Å².